The van der Waals surface area contributed by atoms with E-state index in [0.29, 0.717) is 5.92 Å². The normalized spacial score (nSPS) is 18.2. The summed E-state index contributed by atoms with van der Waals surface area (Å²) in [5, 5.41) is 16.2. The van der Waals surface area contributed by atoms with E-state index in [4.69, 9.17) is 14.9 Å². The number of aryl methyl sites for hydroxylation is 1. The zero-order valence-corrected chi connectivity index (χ0v) is 17.9. The number of ether oxygens (including phenoxy) is 1. The molecule has 2 aromatic rings. The second-order valence-corrected chi connectivity index (χ2v) is 8.03. The van der Waals surface area contributed by atoms with Gasteiger partial charge < -0.3 is 15.2 Å². The monoisotopic (exact) mass is 411 g/mol. The molecule has 0 aliphatic heterocycles. The number of aromatic nitrogens is 2. The Morgan fingerprint density at radius 3 is 2.53 bits per heavy atom. The van der Waals surface area contributed by atoms with Gasteiger partial charge in [-0.05, 0) is 43.9 Å². The average Bonchev–Trinajstić information content (AvgIpc) is 3.25. The number of amides is 1. The maximum absolute atomic E-state index is 11.9. The van der Waals surface area contributed by atoms with Crippen LogP contribution in [0.25, 0.3) is 5.69 Å². The summed E-state index contributed by atoms with van der Waals surface area (Å²) in [5.41, 5.74) is 5.58. The van der Waals surface area contributed by atoms with Crippen molar-refractivity contribution in [3.63, 3.8) is 0 Å². The Hall–Kier alpha value is -2.93. The lowest BCUT2D eigenvalue weighted by Gasteiger charge is -2.15. The number of rotatable bonds is 8. The van der Waals surface area contributed by atoms with Crippen molar-refractivity contribution in [2.45, 2.75) is 52.0 Å². The number of carboxylic acids is 1. The van der Waals surface area contributed by atoms with E-state index in [9.17, 15) is 9.59 Å². The summed E-state index contributed by atoms with van der Waals surface area (Å²) in [6, 6.07) is 8.38. The van der Waals surface area contributed by atoms with Gasteiger partial charge in [0.2, 0.25) is 5.91 Å². The molecule has 3 rings (SSSR count). The van der Waals surface area contributed by atoms with Gasteiger partial charge in [-0.15, -0.1) is 0 Å². The SMILES string of the molecule is Cc1nn(-c2ccc(C(C)C)cc2)c(C)c1[C@H]1C=C[C@@H](NC(=O)COCC(=O)O)C1. The van der Waals surface area contributed by atoms with Crippen LogP contribution in [0.4, 0.5) is 0 Å². The van der Waals surface area contributed by atoms with Crippen molar-refractivity contribution >= 4 is 11.9 Å². The summed E-state index contributed by atoms with van der Waals surface area (Å²) in [6.45, 7) is 7.70. The Bertz CT molecular complexity index is 944. The van der Waals surface area contributed by atoms with E-state index in [0.717, 1.165) is 23.5 Å². The number of hydrogen-bond acceptors (Lipinski definition) is 4. The number of benzene rings is 1. The van der Waals surface area contributed by atoms with Crippen LogP contribution >= 0.6 is 0 Å². The average molecular weight is 412 g/mol. The second-order valence-electron chi connectivity index (χ2n) is 8.03. The standard InChI is InChI=1S/C23H29N3O4/c1-14(2)17-6-9-20(10-7-17)26-16(4)23(15(3)25-26)18-5-8-19(11-18)24-21(27)12-30-13-22(28)29/h5-10,14,18-19H,11-13H2,1-4H3,(H,24,27)(H,28,29)/t18-,19+/m0/s1. The van der Waals surface area contributed by atoms with E-state index in [1.54, 1.807) is 0 Å². The van der Waals surface area contributed by atoms with Crippen molar-refractivity contribution in [1.82, 2.24) is 15.1 Å². The lowest BCUT2D eigenvalue weighted by atomic mass is 9.96. The number of allylic oxidation sites excluding steroid dienone is 1. The number of aliphatic carboxylic acids is 1. The van der Waals surface area contributed by atoms with E-state index in [2.05, 4.69) is 56.4 Å². The lowest BCUT2D eigenvalue weighted by molar-refractivity contribution is -0.143. The van der Waals surface area contributed by atoms with Gasteiger partial charge in [-0.2, -0.15) is 5.10 Å². The van der Waals surface area contributed by atoms with Gasteiger partial charge in [0.05, 0.1) is 11.4 Å². The fourth-order valence-electron chi connectivity index (χ4n) is 3.94. The van der Waals surface area contributed by atoms with E-state index in [1.165, 1.54) is 11.1 Å². The first-order valence-corrected chi connectivity index (χ1v) is 10.2. The zero-order valence-electron chi connectivity index (χ0n) is 17.9. The molecule has 1 aliphatic carbocycles. The van der Waals surface area contributed by atoms with Crippen molar-refractivity contribution in [3.8, 4) is 5.69 Å². The third-order valence-electron chi connectivity index (χ3n) is 5.41. The van der Waals surface area contributed by atoms with Crippen LogP contribution in [0, 0.1) is 13.8 Å². The predicted octanol–water partition coefficient (Wildman–Crippen LogP) is 3.24. The highest BCUT2D eigenvalue weighted by Crippen LogP contribution is 2.34. The summed E-state index contributed by atoms with van der Waals surface area (Å²) in [4.78, 5) is 22.4. The number of hydrogen-bond donors (Lipinski definition) is 2. The van der Waals surface area contributed by atoms with Crippen LogP contribution in [0.2, 0.25) is 0 Å². The van der Waals surface area contributed by atoms with Crippen LogP contribution in [0.3, 0.4) is 0 Å². The molecule has 0 fully saturated rings. The van der Waals surface area contributed by atoms with Gasteiger partial charge in [-0.25, -0.2) is 9.48 Å². The maximum atomic E-state index is 11.9. The fraction of sp³-hybridized carbons (Fsp3) is 0.435. The first-order chi connectivity index (χ1) is 14.3. The Morgan fingerprint density at radius 2 is 1.90 bits per heavy atom. The zero-order chi connectivity index (χ0) is 21.8. The number of nitrogens with one attached hydrogen (secondary N) is 1. The highest BCUT2D eigenvalue weighted by molar-refractivity contribution is 5.78. The predicted molar refractivity (Wildman–Crippen MR) is 114 cm³/mol. The minimum absolute atomic E-state index is 0.108. The molecule has 0 saturated carbocycles. The highest BCUT2D eigenvalue weighted by atomic mass is 16.5. The van der Waals surface area contributed by atoms with Crippen molar-refractivity contribution in [2.75, 3.05) is 13.2 Å². The smallest absolute Gasteiger partial charge is 0.329 e. The molecule has 1 aromatic carbocycles. The second kappa shape index (κ2) is 9.26. The fourth-order valence-corrected chi connectivity index (χ4v) is 3.94. The number of carboxylic acid groups (broad SMARTS) is 1. The topological polar surface area (TPSA) is 93.5 Å². The summed E-state index contributed by atoms with van der Waals surface area (Å²) in [7, 11) is 0. The van der Waals surface area contributed by atoms with Crippen LogP contribution in [-0.2, 0) is 14.3 Å². The van der Waals surface area contributed by atoms with Gasteiger partial charge in [-0.1, -0.05) is 38.1 Å². The molecule has 0 radical (unpaired) electrons. The molecular weight excluding hydrogens is 382 g/mol. The molecule has 7 heteroatoms. The number of nitrogens with zero attached hydrogens (tertiary/aromatic N) is 2. The molecule has 0 spiro atoms. The van der Waals surface area contributed by atoms with Gasteiger partial charge in [0.1, 0.15) is 13.2 Å². The van der Waals surface area contributed by atoms with Crippen LogP contribution in [0.1, 0.15) is 54.6 Å². The molecule has 0 saturated heterocycles. The molecule has 1 aromatic heterocycles. The first kappa shape index (κ1) is 21.8. The van der Waals surface area contributed by atoms with E-state index in [1.807, 2.05) is 17.7 Å². The first-order valence-electron chi connectivity index (χ1n) is 10.2. The summed E-state index contributed by atoms with van der Waals surface area (Å²) >= 11 is 0. The minimum Gasteiger partial charge on any atom is -0.480 e. The molecule has 1 aliphatic rings. The van der Waals surface area contributed by atoms with Gasteiger partial charge in [0.25, 0.3) is 0 Å². The number of carbonyl (C=O) groups excluding carboxylic acids is 1. The molecular formula is C23H29N3O4. The van der Waals surface area contributed by atoms with Crippen molar-refractivity contribution < 1.29 is 19.4 Å². The van der Waals surface area contributed by atoms with Crippen molar-refractivity contribution in [2.24, 2.45) is 0 Å². The van der Waals surface area contributed by atoms with Crippen LogP contribution in [-0.4, -0.2) is 46.0 Å². The molecule has 30 heavy (non-hydrogen) atoms. The van der Waals surface area contributed by atoms with Crippen LogP contribution in [0.15, 0.2) is 36.4 Å². The Morgan fingerprint density at radius 1 is 1.20 bits per heavy atom. The molecule has 2 N–H and O–H groups in total. The van der Waals surface area contributed by atoms with Crippen molar-refractivity contribution in [1.29, 1.82) is 0 Å². The third-order valence-corrected chi connectivity index (χ3v) is 5.41. The highest BCUT2D eigenvalue weighted by Gasteiger charge is 2.27. The molecule has 160 valence electrons. The molecule has 1 heterocycles. The molecule has 2 atom stereocenters. The maximum Gasteiger partial charge on any atom is 0.329 e. The minimum atomic E-state index is -1.09. The van der Waals surface area contributed by atoms with Gasteiger partial charge in [0, 0.05) is 23.2 Å². The van der Waals surface area contributed by atoms with E-state index in [-0.39, 0.29) is 24.5 Å². The Kier molecular flexibility index (Phi) is 6.72. The Balaban J connectivity index is 1.67. The van der Waals surface area contributed by atoms with E-state index >= 15 is 0 Å². The third kappa shape index (κ3) is 4.97. The quantitative estimate of drug-likeness (QED) is 0.651. The Labute approximate surface area is 176 Å². The summed E-state index contributed by atoms with van der Waals surface area (Å²) < 4.78 is 6.82. The molecule has 0 unspecified atom stereocenters. The van der Waals surface area contributed by atoms with E-state index < -0.39 is 12.6 Å². The van der Waals surface area contributed by atoms with Crippen LogP contribution in [0.5, 0.6) is 0 Å². The van der Waals surface area contributed by atoms with Gasteiger partial charge in [0.15, 0.2) is 0 Å². The van der Waals surface area contributed by atoms with Gasteiger partial charge >= 0.3 is 5.97 Å². The summed E-state index contributed by atoms with van der Waals surface area (Å²) in [6.07, 6.45) is 4.82. The lowest BCUT2D eigenvalue weighted by Crippen LogP contribution is -2.35. The molecule has 7 nitrogen and oxygen atoms in total. The molecule has 1 amide bonds. The largest absolute Gasteiger partial charge is 0.480 e. The number of carbonyl (C=O) groups is 2. The van der Waals surface area contributed by atoms with Crippen LogP contribution < -0.4 is 5.32 Å². The summed E-state index contributed by atoms with van der Waals surface area (Å²) in [5.74, 6) is -0.759. The van der Waals surface area contributed by atoms with Crippen molar-refractivity contribution in [3.05, 3.63) is 58.9 Å². The van der Waals surface area contributed by atoms with Gasteiger partial charge in [-0.3, -0.25) is 4.79 Å². The molecule has 0 bridgehead atoms.